The molecule has 0 N–H and O–H groups in total. The maximum Gasteiger partial charge on any atom is 0.394 e. The largest absolute Gasteiger partial charge is 0.394 e. The molecule has 1 aliphatic heterocycles. The molecule has 8 nitrogen and oxygen atoms in total. The van der Waals surface area contributed by atoms with Gasteiger partial charge in [0, 0.05) is 43.4 Å². The highest BCUT2D eigenvalue weighted by Gasteiger charge is 2.69. The molecule has 0 spiro atoms. The van der Waals surface area contributed by atoms with Crippen LogP contribution in [0.4, 0.5) is 13.2 Å². The van der Waals surface area contributed by atoms with E-state index in [4.69, 9.17) is 19.7 Å². The molecular weight excluding hydrogens is 473 g/mol. The quantitative estimate of drug-likeness (QED) is 0.532. The van der Waals surface area contributed by atoms with Crippen molar-refractivity contribution in [1.82, 2.24) is 29.5 Å². The second-order valence-corrected chi connectivity index (χ2v) is 10.7. The third-order valence-electron chi connectivity index (χ3n) is 8.41. The molecule has 190 valence electrons. The van der Waals surface area contributed by atoms with Gasteiger partial charge in [-0.05, 0) is 51.9 Å². The van der Waals surface area contributed by atoms with Gasteiger partial charge in [-0.2, -0.15) is 13.2 Å². The number of halogens is 3. The van der Waals surface area contributed by atoms with Crippen molar-refractivity contribution in [3.63, 3.8) is 0 Å². The molecule has 36 heavy (non-hydrogen) atoms. The molecule has 1 unspecified atom stereocenters. The van der Waals surface area contributed by atoms with E-state index in [2.05, 4.69) is 9.97 Å². The molecule has 4 aliphatic rings. The van der Waals surface area contributed by atoms with E-state index in [-0.39, 0.29) is 48.8 Å². The zero-order valence-electron chi connectivity index (χ0n) is 20.3. The summed E-state index contributed by atoms with van der Waals surface area (Å²) >= 11 is 0. The molecule has 7 rings (SSSR count). The molecule has 3 aromatic heterocycles. The van der Waals surface area contributed by atoms with Gasteiger partial charge in [0.15, 0.2) is 5.65 Å². The maximum atomic E-state index is 13.8. The Morgan fingerprint density at radius 3 is 2.53 bits per heavy atom. The fourth-order valence-electron chi connectivity index (χ4n) is 6.20. The van der Waals surface area contributed by atoms with Crippen LogP contribution in [0.5, 0.6) is 0 Å². The van der Waals surface area contributed by atoms with E-state index in [0.29, 0.717) is 42.1 Å². The Hall–Kier alpha value is -2.95. The predicted octanol–water partition coefficient (Wildman–Crippen LogP) is 4.21. The first-order valence-electron chi connectivity index (χ1n) is 12.3. The van der Waals surface area contributed by atoms with E-state index in [1.807, 2.05) is 13.8 Å². The average Bonchev–Trinajstić information content (AvgIpc) is 3.39. The van der Waals surface area contributed by atoms with E-state index < -0.39 is 11.6 Å². The molecule has 3 aromatic rings. The predicted molar refractivity (Wildman–Crippen MR) is 123 cm³/mol. The number of rotatable bonds is 3. The molecule has 3 saturated carbocycles. The first kappa shape index (κ1) is 23.4. The topological polar surface area (TPSA) is 95.7 Å². The monoisotopic (exact) mass is 500 g/mol. The molecule has 3 aliphatic carbocycles. The summed E-state index contributed by atoms with van der Waals surface area (Å²) in [5, 5.41) is 0. The minimum absolute atomic E-state index is 0.0431. The van der Waals surface area contributed by atoms with E-state index in [0.717, 1.165) is 17.0 Å². The molecule has 1 saturated heterocycles. The second-order valence-electron chi connectivity index (χ2n) is 10.7. The van der Waals surface area contributed by atoms with E-state index in [1.165, 1.54) is 10.8 Å². The number of nitrogens with zero attached hydrogens (tertiary/aromatic N) is 6. The molecule has 11 heteroatoms. The van der Waals surface area contributed by atoms with Gasteiger partial charge in [-0.3, -0.25) is 0 Å². The summed E-state index contributed by atoms with van der Waals surface area (Å²) in [5.74, 6) is 0.141. The van der Waals surface area contributed by atoms with Gasteiger partial charge in [-0.15, -0.1) is 0 Å². The third kappa shape index (κ3) is 3.62. The van der Waals surface area contributed by atoms with Crippen molar-refractivity contribution in [3.8, 4) is 0 Å². The Morgan fingerprint density at radius 1 is 1.08 bits per heavy atom. The van der Waals surface area contributed by atoms with Gasteiger partial charge in [0.05, 0.1) is 28.6 Å². The average molecular weight is 501 g/mol. The maximum absolute atomic E-state index is 13.8. The lowest BCUT2D eigenvalue weighted by molar-refractivity contribution is -0.244. The van der Waals surface area contributed by atoms with Crippen LogP contribution in [0.15, 0.2) is 17.2 Å². The van der Waals surface area contributed by atoms with Crippen molar-refractivity contribution < 1.29 is 17.9 Å². The van der Waals surface area contributed by atoms with Gasteiger partial charge in [0.25, 0.3) is 0 Å². The summed E-state index contributed by atoms with van der Waals surface area (Å²) in [7, 11) is 1.64. The van der Waals surface area contributed by atoms with Crippen molar-refractivity contribution in [2.24, 2.45) is 18.4 Å². The van der Waals surface area contributed by atoms with Crippen molar-refractivity contribution in [1.29, 1.82) is 0 Å². The molecule has 3 atom stereocenters. The van der Waals surface area contributed by atoms with Crippen LogP contribution in [0, 0.1) is 25.2 Å². The van der Waals surface area contributed by atoms with Gasteiger partial charge in [0.1, 0.15) is 11.3 Å². The van der Waals surface area contributed by atoms with Crippen LogP contribution in [0.25, 0.3) is 11.2 Å². The SMILES string of the molecule is Cc1nc2nc([C@H]3CCO[C@H](c4cnc(=O)n(C)c4)C3)nc(C3CC4(C(F)(F)F)CC3C4)c2nc1C. The summed E-state index contributed by atoms with van der Waals surface area (Å²) in [6.45, 7) is 4.16. The Kier molecular flexibility index (Phi) is 5.23. The third-order valence-corrected chi connectivity index (χ3v) is 8.41. The molecule has 0 radical (unpaired) electrons. The lowest BCUT2D eigenvalue weighted by Crippen LogP contribution is -2.42. The van der Waals surface area contributed by atoms with Crippen LogP contribution >= 0.6 is 0 Å². The zero-order chi connectivity index (χ0) is 25.4. The van der Waals surface area contributed by atoms with Gasteiger partial charge < -0.3 is 9.30 Å². The first-order chi connectivity index (χ1) is 17.0. The Balaban J connectivity index is 1.39. The van der Waals surface area contributed by atoms with Crippen molar-refractivity contribution in [2.75, 3.05) is 6.61 Å². The van der Waals surface area contributed by atoms with Crippen LogP contribution in [0.1, 0.15) is 78.5 Å². The van der Waals surface area contributed by atoms with Crippen LogP contribution in [0.2, 0.25) is 0 Å². The molecule has 0 amide bonds. The zero-order valence-corrected chi connectivity index (χ0v) is 20.3. The minimum Gasteiger partial charge on any atom is -0.373 e. The Bertz CT molecular complexity index is 1420. The van der Waals surface area contributed by atoms with E-state index >= 15 is 0 Å². The van der Waals surface area contributed by atoms with Gasteiger partial charge in [-0.1, -0.05) is 0 Å². The number of alkyl halides is 3. The number of ether oxygens (including phenoxy) is 1. The fourth-order valence-corrected chi connectivity index (χ4v) is 6.20. The lowest BCUT2D eigenvalue weighted by Gasteiger charge is -2.39. The fraction of sp³-hybridized carbons (Fsp3) is 0.600. The van der Waals surface area contributed by atoms with Gasteiger partial charge in [0.2, 0.25) is 0 Å². The Morgan fingerprint density at radius 2 is 1.83 bits per heavy atom. The lowest BCUT2D eigenvalue weighted by atomic mass is 9.68. The number of aromatic nitrogens is 6. The Labute approximate surface area is 205 Å². The number of aryl methyl sites for hydroxylation is 3. The highest BCUT2D eigenvalue weighted by molar-refractivity contribution is 5.74. The van der Waals surface area contributed by atoms with Crippen LogP contribution in [-0.2, 0) is 11.8 Å². The summed E-state index contributed by atoms with van der Waals surface area (Å²) in [6, 6.07) is 0. The molecule has 2 bridgehead atoms. The number of hydrogen-bond acceptors (Lipinski definition) is 7. The molecule has 4 heterocycles. The summed E-state index contributed by atoms with van der Waals surface area (Å²) in [6.07, 6.45) is 0.351. The smallest absolute Gasteiger partial charge is 0.373 e. The van der Waals surface area contributed by atoms with Crippen LogP contribution in [0.3, 0.4) is 0 Å². The van der Waals surface area contributed by atoms with E-state index in [1.54, 1.807) is 13.2 Å². The van der Waals surface area contributed by atoms with Crippen molar-refractivity contribution >= 4 is 11.2 Å². The molecule has 0 aromatic carbocycles. The number of hydrogen-bond donors (Lipinski definition) is 0. The highest BCUT2D eigenvalue weighted by atomic mass is 19.4. The highest BCUT2D eigenvalue weighted by Crippen LogP contribution is 2.70. The van der Waals surface area contributed by atoms with Crippen molar-refractivity contribution in [3.05, 3.63) is 51.3 Å². The standard InChI is InChI=1S/C25H27F3N6O2/c1-12-13(2)31-22-20(30-12)19(17-9-24(25(26,27)28)7-15(17)8-24)32-21(33-22)14-4-5-36-18(6-14)16-10-29-23(35)34(3)11-16/h10-11,14-15,17-18H,4-9H2,1-3H3/t14-,15?,17?,18-,24?/m0/s1. The number of fused-ring (bicyclic) bond motifs is 2. The van der Waals surface area contributed by atoms with Gasteiger partial charge >= 0.3 is 11.9 Å². The summed E-state index contributed by atoms with van der Waals surface area (Å²) in [5.41, 5.74) is 1.87. The summed E-state index contributed by atoms with van der Waals surface area (Å²) < 4.78 is 48.9. The van der Waals surface area contributed by atoms with Gasteiger partial charge in [-0.25, -0.2) is 29.7 Å². The minimum atomic E-state index is -4.21. The van der Waals surface area contributed by atoms with Crippen LogP contribution in [-0.4, -0.2) is 42.3 Å². The van der Waals surface area contributed by atoms with Crippen LogP contribution < -0.4 is 5.69 Å². The molecule has 4 fully saturated rings. The summed E-state index contributed by atoms with van der Waals surface area (Å²) in [4.78, 5) is 34.6. The van der Waals surface area contributed by atoms with Crippen molar-refractivity contribution in [2.45, 2.75) is 70.1 Å². The molecular formula is C25H27F3N6O2. The first-order valence-corrected chi connectivity index (χ1v) is 12.3. The normalized spacial score (nSPS) is 29.9. The van der Waals surface area contributed by atoms with E-state index in [9.17, 15) is 18.0 Å². The second kappa shape index (κ2) is 8.03.